The van der Waals surface area contributed by atoms with Crippen LogP contribution in [0.4, 0.5) is 0 Å². The molecule has 2 rings (SSSR count). The Balaban J connectivity index is 1.99. The first-order valence-electron chi connectivity index (χ1n) is 6.52. The average molecular weight is 314 g/mol. The second-order valence-electron chi connectivity index (χ2n) is 4.73. The van der Waals surface area contributed by atoms with Crippen LogP contribution < -0.4 is 10.1 Å². The Hall–Kier alpha value is -0.580. The van der Waals surface area contributed by atoms with Gasteiger partial charge in [0.25, 0.3) is 0 Å². The highest BCUT2D eigenvalue weighted by atomic mass is 79.9. The van der Waals surface area contributed by atoms with Gasteiger partial charge in [0.15, 0.2) is 0 Å². The van der Waals surface area contributed by atoms with E-state index in [1.165, 1.54) is 18.4 Å². The van der Waals surface area contributed by atoms with Crippen LogP contribution in [0.3, 0.4) is 0 Å². The van der Waals surface area contributed by atoms with Crippen molar-refractivity contribution in [1.82, 2.24) is 5.32 Å². The third-order valence-corrected chi connectivity index (χ3v) is 3.98. The number of aliphatic hydroxyl groups excluding tert-OH is 1. The zero-order valence-corrected chi connectivity index (χ0v) is 12.1. The molecule has 1 heterocycles. The number of hydrogen-bond acceptors (Lipinski definition) is 3. The summed E-state index contributed by atoms with van der Waals surface area (Å²) < 4.78 is 6.46. The molecule has 0 unspecified atom stereocenters. The number of ether oxygens (including phenoxy) is 1. The Kier molecular flexibility index (Phi) is 5.47. The van der Waals surface area contributed by atoms with Crippen molar-refractivity contribution in [2.45, 2.75) is 19.3 Å². The monoisotopic (exact) mass is 313 g/mol. The van der Waals surface area contributed by atoms with Crippen molar-refractivity contribution in [3.63, 3.8) is 0 Å². The third-order valence-electron chi connectivity index (χ3n) is 3.33. The van der Waals surface area contributed by atoms with E-state index < -0.39 is 0 Å². The van der Waals surface area contributed by atoms with Crippen molar-refractivity contribution in [2.75, 3.05) is 26.3 Å². The lowest BCUT2D eigenvalue weighted by molar-refractivity contribution is 0.200. The molecule has 0 spiro atoms. The first-order valence-corrected chi connectivity index (χ1v) is 7.31. The van der Waals surface area contributed by atoms with E-state index in [1.54, 1.807) is 0 Å². The minimum absolute atomic E-state index is 0.0466. The fourth-order valence-electron chi connectivity index (χ4n) is 2.36. The summed E-state index contributed by atoms with van der Waals surface area (Å²) in [6.07, 6.45) is 3.62. The summed E-state index contributed by atoms with van der Waals surface area (Å²) in [6.45, 7) is 2.66. The molecule has 0 aromatic heterocycles. The molecular formula is C14H20BrNO2. The summed E-state index contributed by atoms with van der Waals surface area (Å²) in [7, 11) is 0. The first-order chi connectivity index (χ1) is 8.79. The smallest absolute Gasteiger partial charge is 0.133 e. The number of benzene rings is 1. The molecule has 0 aliphatic carbocycles. The molecule has 1 aliphatic heterocycles. The number of halogens is 1. The largest absolute Gasteiger partial charge is 0.490 e. The van der Waals surface area contributed by atoms with Gasteiger partial charge in [0.05, 0.1) is 11.1 Å². The fourth-order valence-corrected chi connectivity index (χ4v) is 2.72. The predicted molar refractivity (Wildman–Crippen MR) is 76.0 cm³/mol. The average Bonchev–Trinajstić information content (AvgIpc) is 2.40. The Morgan fingerprint density at radius 1 is 1.33 bits per heavy atom. The Labute approximate surface area is 117 Å². The van der Waals surface area contributed by atoms with E-state index in [9.17, 15) is 0 Å². The number of aliphatic hydroxyl groups is 1. The van der Waals surface area contributed by atoms with E-state index in [1.807, 2.05) is 6.07 Å². The molecule has 1 saturated heterocycles. The van der Waals surface area contributed by atoms with E-state index in [-0.39, 0.29) is 6.61 Å². The summed E-state index contributed by atoms with van der Waals surface area (Å²) in [5.41, 5.74) is 1.32. The van der Waals surface area contributed by atoms with Crippen LogP contribution in [0.2, 0.25) is 0 Å². The van der Waals surface area contributed by atoms with Crippen LogP contribution in [0.25, 0.3) is 0 Å². The van der Waals surface area contributed by atoms with Crippen molar-refractivity contribution in [3.8, 4) is 5.75 Å². The lowest BCUT2D eigenvalue weighted by Gasteiger charge is -2.22. The molecule has 100 valence electrons. The molecule has 2 N–H and O–H groups in total. The van der Waals surface area contributed by atoms with E-state index >= 15 is 0 Å². The highest BCUT2D eigenvalue weighted by Gasteiger charge is 2.14. The van der Waals surface area contributed by atoms with Crippen LogP contribution in [-0.4, -0.2) is 31.4 Å². The van der Waals surface area contributed by atoms with Crippen LogP contribution >= 0.6 is 15.9 Å². The molecule has 3 nitrogen and oxygen atoms in total. The maximum Gasteiger partial charge on any atom is 0.133 e. The van der Waals surface area contributed by atoms with Crippen molar-refractivity contribution >= 4 is 15.9 Å². The van der Waals surface area contributed by atoms with Crippen molar-refractivity contribution < 1.29 is 9.84 Å². The highest BCUT2D eigenvalue weighted by Crippen LogP contribution is 2.28. The number of piperidine rings is 1. The summed E-state index contributed by atoms with van der Waals surface area (Å²) in [6, 6.07) is 6.27. The van der Waals surface area contributed by atoms with Gasteiger partial charge in [0, 0.05) is 0 Å². The predicted octanol–water partition coefficient (Wildman–Crippen LogP) is 2.36. The van der Waals surface area contributed by atoms with Gasteiger partial charge in [-0.3, -0.25) is 0 Å². The Morgan fingerprint density at radius 2 is 2.11 bits per heavy atom. The van der Waals surface area contributed by atoms with Gasteiger partial charge in [-0.15, -0.1) is 0 Å². The number of hydrogen-bond donors (Lipinski definition) is 2. The molecule has 1 fully saturated rings. The van der Waals surface area contributed by atoms with E-state index in [4.69, 9.17) is 9.84 Å². The molecule has 0 amide bonds. The summed E-state index contributed by atoms with van der Waals surface area (Å²) in [5.74, 6) is 1.61. The standard InChI is InChI=1S/C14H20BrNO2/c15-13-2-1-12(10-14(13)18-8-7-17)9-11-3-5-16-6-4-11/h1-2,10-11,16-17H,3-9H2. The lowest BCUT2D eigenvalue weighted by Crippen LogP contribution is -2.28. The van der Waals surface area contributed by atoms with Gasteiger partial charge < -0.3 is 15.2 Å². The maximum atomic E-state index is 8.80. The van der Waals surface area contributed by atoms with E-state index in [2.05, 4.69) is 33.4 Å². The van der Waals surface area contributed by atoms with Crippen LogP contribution in [0.5, 0.6) is 5.75 Å². The summed E-state index contributed by atoms with van der Waals surface area (Å²) in [4.78, 5) is 0. The molecule has 4 heteroatoms. The molecule has 1 aromatic carbocycles. The van der Waals surface area contributed by atoms with E-state index in [0.29, 0.717) is 6.61 Å². The maximum absolute atomic E-state index is 8.80. The number of rotatable bonds is 5. The van der Waals surface area contributed by atoms with Gasteiger partial charge in [-0.1, -0.05) is 6.07 Å². The van der Waals surface area contributed by atoms with Gasteiger partial charge in [-0.25, -0.2) is 0 Å². The van der Waals surface area contributed by atoms with Gasteiger partial charge in [0.2, 0.25) is 0 Å². The highest BCUT2D eigenvalue weighted by molar-refractivity contribution is 9.10. The van der Waals surface area contributed by atoms with Gasteiger partial charge in [-0.2, -0.15) is 0 Å². The normalized spacial score (nSPS) is 16.8. The zero-order valence-electron chi connectivity index (χ0n) is 10.5. The van der Waals surface area contributed by atoms with Gasteiger partial charge in [-0.05, 0) is 71.9 Å². The van der Waals surface area contributed by atoms with Crippen LogP contribution in [0.1, 0.15) is 18.4 Å². The minimum atomic E-state index is 0.0466. The Bertz CT molecular complexity index is 378. The van der Waals surface area contributed by atoms with Crippen LogP contribution in [0, 0.1) is 5.92 Å². The van der Waals surface area contributed by atoms with Crippen molar-refractivity contribution in [1.29, 1.82) is 0 Å². The number of nitrogens with one attached hydrogen (secondary N) is 1. The SMILES string of the molecule is OCCOc1cc(CC2CCNCC2)ccc1Br. The first kappa shape index (κ1) is 13.8. The molecule has 0 atom stereocenters. The van der Waals surface area contributed by atoms with Crippen LogP contribution in [-0.2, 0) is 6.42 Å². The van der Waals surface area contributed by atoms with Crippen molar-refractivity contribution in [3.05, 3.63) is 28.2 Å². The van der Waals surface area contributed by atoms with Crippen LogP contribution in [0.15, 0.2) is 22.7 Å². The molecule has 0 saturated carbocycles. The molecule has 0 radical (unpaired) electrons. The fraction of sp³-hybridized carbons (Fsp3) is 0.571. The Morgan fingerprint density at radius 3 is 2.83 bits per heavy atom. The molecule has 18 heavy (non-hydrogen) atoms. The third kappa shape index (κ3) is 3.97. The molecular weight excluding hydrogens is 294 g/mol. The van der Waals surface area contributed by atoms with Gasteiger partial charge in [0.1, 0.15) is 12.4 Å². The molecule has 1 aromatic rings. The second kappa shape index (κ2) is 7.12. The van der Waals surface area contributed by atoms with Gasteiger partial charge >= 0.3 is 0 Å². The lowest BCUT2D eigenvalue weighted by atomic mass is 9.91. The molecule has 0 bridgehead atoms. The zero-order chi connectivity index (χ0) is 12.8. The topological polar surface area (TPSA) is 41.5 Å². The summed E-state index contributed by atoms with van der Waals surface area (Å²) >= 11 is 3.47. The quantitative estimate of drug-likeness (QED) is 0.877. The van der Waals surface area contributed by atoms with Crippen molar-refractivity contribution in [2.24, 2.45) is 5.92 Å². The second-order valence-corrected chi connectivity index (χ2v) is 5.59. The summed E-state index contributed by atoms with van der Waals surface area (Å²) in [5, 5.41) is 12.2. The minimum Gasteiger partial charge on any atom is -0.490 e. The molecule has 1 aliphatic rings. The van der Waals surface area contributed by atoms with E-state index in [0.717, 1.165) is 35.7 Å².